The molecule has 1 N–H and O–H groups in total. The summed E-state index contributed by atoms with van der Waals surface area (Å²) in [6.45, 7) is 4.52. The first kappa shape index (κ1) is 13.9. The van der Waals surface area contributed by atoms with E-state index in [2.05, 4.69) is 5.32 Å². The van der Waals surface area contributed by atoms with Crippen molar-refractivity contribution in [3.8, 4) is 0 Å². The van der Waals surface area contributed by atoms with Crippen molar-refractivity contribution >= 4 is 34.3 Å². The summed E-state index contributed by atoms with van der Waals surface area (Å²) in [5.74, 6) is 0.518. The third-order valence-corrected chi connectivity index (χ3v) is 2.63. The zero-order valence-corrected chi connectivity index (χ0v) is 11.0. The molecule has 82 valence electrons. The number of carbonyl (C=O) groups is 2. The van der Waals surface area contributed by atoms with Gasteiger partial charge in [-0.2, -0.15) is 0 Å². The number of Topliss-reactive ketones (excluding diaryl/α,β-unsaturated/α-hetero) is 1. The molecular formula is C10H18INO2. The second-order valence-corrected chi connectivity index (χ2v) is 4.32. The lowest BCUT2D eigenvalue weighted by Crippen LogP contribution is -2.25. The molecule has 4 heteroatoms. The van der Waals surface area contributed by atoms with E-state index in [4.69, 9.17) is 0 Å². The summed E-state index contributed by atoms with van der Waals surface area (Å²) in [7, 11) is 0. The van der Waals surface area contributed by atoms with Gasteiger partial charge in [0.2, 0.25) is 5.91 Å². The maximum absolute atomic E-state index is 11.2. The number of carbonyl (C=O) groups excluding carboxylic acids is 2. The van der Waals surface area contributed by atoms with E-state index in [1.54, 1.807) is 0 Å². The van der Waals surface area contributed by atoms with Crippen LogP contribution in [0.4, 0.5) is 0 Å². The fraction of sp³-hybridized carbons (Fsp3) is 0.800. The van der Waals surface area contributed by atoms with E-state index in [-0.39, 0.29) is 11.8 Å². The van der Waals surface area contributed by atoms with E-state index >= 15 is 0 Å². The maximum Gasteiger partial charge on any atom is 0.229 e. The quantitative estimate of drug-likeness (QED) is 0.444. The summed E-state index contributed by atoms with van der Waals surface area (Å²) in [6.07, 6.45) is 2.40. The number of hydrogen-bond acceptors (Lipinski definition) is 2. The molecule has 0 rings (SSSR count). The van der Waals surface area contributed by atoms with Gasteiger partial charge in [-0.05, 0) is 12.8 Å². The van der Waals surface area contributed by atoms with Gasteiger partial charge in [0.1, 0.15) is 5.78 Å². The standard InChI is InChI=1S/C10H18INO2/c1-8(2)9(13)5-3-4-6-12-10(14)7-11/h8H,3-7H2,1-2H3,(H,12,14). The molecule has 0 heterocycles. The Kier molecular flexibility index (Phi) is 8.12. The zero-order chi connectivity index (χ0) is 11.0. The fourth-order valence-corrected chi connectivity index (χ4v) is 1.26. The minimum absolute atomic E-state index is 0.0702. The zero-order valence-electron chi connectivity index (χ0n) is 8.81. The van der Waals surface area contributed by atoms with Gasteiger partial charge in [-0.3, -0.25) is 9.59 Å². The van der Waals surface area contributed by atoms with Crippen LogP contribution in [-0.2, 0) is 9.59 Å². The van der Waals surface area contributed by atoms with Crippen LogP contribution >= 0.6 is 22.6 Å². The van der Waals surface area contributed by atoms with Gasteiger partial charge in [0.15, 0.2) is 0 Å². The summed E-state index contributed by atoms with van der Waals surface area (Å²) < 4.78 is 0.503. The SMILES string of the molecule is CC(C)C(=O)CCCCNC(=O)CI. The van der Waals surface area contributed by atoms with Crippen molar-refractivity contribution in [3.05, 3.63) is 0 Å². The molecule has 0 aromatic heterocycles. The number of rotatable bonds is 7. The highest BCUT2D eigenvalue weighted by molar-refractivity contribution is 14.1. The van der Waals surface area contributed by atoms with Crippen molar-refractivity contribution in [1.29, 1.82) is 0 Å². The molecule has 0 saturated heterocycles. The van der Waals surface area contributed by atoms with Crippen LogP contribution in [0, 0.1) is 5.92 Å². The van der Waals surface area contributed by atoms with E-state index in [0.717, 1.165) is 12.8 Å². The third kappa shape index (κ3) is 7.29. The van der Waals surface area contributed by atoms with Crippen molar-refractivity contribution in [2.75, 3.05) is 11.0 Å². The minimum atomic E-state index is 0.0702. The normalized spacial score (nSPS) is 10.3. The van der Waals surface area contributed by atoms with E-state index in [0.29, 0.717) is 23.2 Å². The molecule has 0 aliphatic rings. The van der Waals surface area contributed by atoms with E-state index in [9.17, 15) is 9.59 Å². The van der Waals surface area contributed by atoms with Crippen molar-refractivity contribution in [1.82, 2.24) is 5.32 Å². The number of hydrogen-bond donors (Lipinski definition) is 1. The average Bonchev–Trinajstić information content (AvgIpc) is 2.16. The number of alkyl halides is 1. The van der Waals surface area contributed by atoms with Gasteiger partial charge in [0.25, 0.3) is 0 Å². The van der Waals surface area contributed by atoms with Gasteiger partial charge in [0.05, 0.1) is 4.43 Å². The van der Waals surface area contributed by atoms with E-state index in [1.165, 1.54) is 0 Å². The van der Waals surface area contributed by atoms with Crippen molar-refractivity contribution < 1.29 is 9.59 Å². The van der Waals surface area contributed by atoms with E-state index < -0.39 is 0 Å². The van der Waals surface area contributed by atoms with Gasteiger partial charge < -0.3 is 5.32 Å². The highest BCUT2D eigenvalue weighted by Gasteiger charge is 2.05. The lowest BCUT2D eigenvalue weighted by molar-refractivity contribution is -0.122. The molecule has 0 spiro atoms. The molecule has 0 saturated carbocycles. The van der Waals surface area contributed by atoms with Crippen molar-refractivity contribution in [2.45, 2.75) is 33.1 Å². The lowest BCUT2D eigenvalue weighted by Gasteiger charge is -2.04. The number of halogens is 1. The number of unbranched alkanes of at least 4 members (excludes halogenated alkanes) is 1. The molecule has 0 aliphatic heterocycles. The van der Waals surface area contributed by atoms with Crippen LogP contribution in [0.1, 0.15) is 33.1 Å². The summed E-state index contributed by atoms with van der Waals surface area (Å²) in [5, 5.41) is 2.78. The molecule has 0 unspecified atom stereocenters. The first-order valence-corrected chi connectivity index (χ1v) is 6.46. The first-order chi connectivity index (χ1) is 6.57. The van der Waals surface area contributed by atoms with E-state index in [1.807, 2.05) is 36.4 Å². The molecule has 0 aliphatic carbocycles. The second-order valence-electron chi connectivity index (χ2n) is 3.56. The molecule has 1 amide bonds. The average molecular weight is 311 g/mol. The Morgan fingerprint density at radius 3 is 2.43 bits per heavy atom. The molecule has 0 aromatic carbocycles. The van der Waals surface area contributed by atoms with Crippen LogP contribution in [0.3, 0.4) is 0 Å². The number of amides is 1. The topological polar surface area (TPSA) is 46.2 Å². The Morgan fingerprint density at radius 2 is 1.93 bits per heavy atom. The Labute approximate surface area is 99.2 Å². The molecule has 3 nitrogen and oxygen atoms in total. The Balaban J connectivity index is 3.30. The third-order valence-electron chi connectivity index (χ3n) is 1.94. The monoisotopic (exact) mass is 311 g/mol. The number of ketones is 1. The summed E-state index contributed by atoms with van der Waals surface area (Å²) in [4.78, 5) is 22.0. The second kappa shape index (κ2) is 8.20. The predicted molar refractivity (Wildman–Crippen MR) is 65.6 cm³/mol. The molecule has 0 atom stereocenters. The van der Waals surface area contributed by atoms with Crippen LogP contribution < -0.4 is 5.32 Å². The van der Waals surface area contributed by atoms with Gasteiger partial charge in [-0.1, -0.05) is 36.4 Å². The number of nitrogens with one attached hydrogen (secondary N) is 1. The van der Waals surface area contributed by atoms with Gasteiger partial charge in [-0.15, -0.1) is 0 Å². The Bertz CT molecular complexity index is 193. The van der Waals surface area contributed by atoms with Crippen molar-refractivity contribution in [2.24, 2.45) is 5.92 Å². The lowest BCUT2D eigenvalue weighted by atomic mass is 10.0. The smallest absolute Gasteiger partial charge is 0.229 e. The van der Waals surface area contributed by atoms with Crippen LogP contribution in [0.25, 0.3) is 0 Å². The minimum Gasteiger partial charge on any atom is -0.355 e. The molecule has 0 bridgehead atoms. The van der Waals surface area contributed by atoms with Crippen LogP contribution in [0.2, 0.25) is 0 Å². The molecule has 14 heavy (non-hydrogen) atoms. The fourth-order valence-electron chi connectivity index (χ4n) is 0.988. The molecule has 0 aromatic rings. The van der Waals surface area contributed by atoms with Crippen LogP contribution in [-0.4, -0.2) is 22.7 Å². The predicted octanol–water partition coefficient (Wildman–Crippen LogP) is 1.93. The van der Waals surface area contributed by atoms with Gasteiger partial charge in [-0.25, -0.2) is 0 Å². The van der Waals surface area contributed by atoms with Crippen LogP contribution in [0.15, 0.2) is 0 Å². The van der Waals surface area contributed by atoms with Gasteiger partial charge in [0, 0.05) is 18.9 Å². The largest absolute Gasteiger partial charge is 0.355 e. The van der Waals surface area contributed by atoms with Crippen molar-refractivity contribution in [3.63, 3.8) is 0 Å². The highest BCUT2D eigenvalue weighted by atomic mass is 127. The summed E-state index contributed by atoms with van der Waals surface area (Å²) in [5.41, 5.74) is 0. The molecule has 0 radical (unpaired) electrons. The highest BCUT2D eigenvalue weighted by Crippen LogP contribution is 2.03. The molecular weight excluding hydrogens is 293 g/mol. The maximum atomic E-state index is 11.2. The molecule has 0 fully saturated rings. The Hall–Kier alpha value is -0.130. The van der Waals surface area contributed by atoms with Gasteiger partial charge >= 0.3 is 0 Å². The summed E-state index contributed by atoms with van der Waals surface area (Å²) >= 11 is 2.03. The Morgan fingerprint density at radius 1 is 1.29 bits per heavy atom. The first-order valence-electron chi connectivity index (χ1n) is 4.93. The van der Waals surface area contributed by atoms with Crippen LogP contribution in [0.5, 0.6) is 0 Å². The summed E-state index contributed by atoms with van der Waals surface area (Å²) in [6, 6.07) is 0.